The number of aliphatic hydroxyl groups excluding tert-OH is 1. The van der Waals surface area contributed by atoms with Gasteiger partial charge in [-0.2, -0.15) is 8.42 Å². The van der Waals surface area contributed by atoms with Crippen molar-refractivity contribution in [1.82, 2.24) is 0 Å². The van der Waals surface area contributed by atoms with E-state index in [2.05, 4.69) is 0 Å². The first-order chi connectivity index (χ1) is 6.00. The molecule has 0 radical (unpaired) electrons. The summed E-state index contributed by atoms with van der Waals surface area (Å²) in [6.07, 6.45) is 6.87. The van der Waals surface area contributed by atoms with Gasteiger partial charge in [0, 0.05) is 11.5 Å². The Labute approximate surface area is 75.6 Å². The van der Waals surface area contributed by atoms with Crippen molar-refractivity contribution in [3.63, 3.8) is 0 Å². The van der Waals surface area contributed by atoms with E-state index in [1.54, 1.807) is 6.08 Å². The highest BCUT2D eigenvalue weighted by Gasteiger charge is 2.35. The first kappa shape index (κ1) is 8.68. The van der Waals surface area contributed by atoms with Crippen LogP contribution in [0.25, 0.3) is 0 Å². The van der Waals surface area contributed by atoms with E-state index in [0.717, 1.165) is 5.57 Å². The van der Waals surface area contributed by atoms with Gasteiger partial charge in [0.2, 0.25) is 5.44 Å². The van der Waals surface area contributed by atoms with Crippen LogP contribution in [0.15, 0.2) is 35.5 Å². The van der Waals surface area contributed by atoms with Crippen molar-refractivity contribution >= 4 is 10.1 Å². The van der Waals surface area contributed by atoms with Gasteiger partial charge in [-0.1, -0.05) is 24.3 Å². The standard InChI is InChI=1S/C8H8O4S/c9-8(13(10,11)12)6-3-1-2-5-4-7(5)6/h1-5,8-9H,(H,10,11,12). The third-order valence-corrected chi connectivity index (χ3v) is 2.90. The fraction of sp³-hybridized carbons (Fsp3) is 0.250. The molecular formula is C8H8O4S. The predicted molar refractivity (Wildman–Crippen MR) is 46.4 cm³/mol. The van der Waals surface area contributed by atoms with Crippen molar-refractivity contribution in [2.24, 2.45) is 5.92 Å². The van der Waals surface area contributed by atoms with Crippen molar-refractivity contribution in [2.45, 2.75) is 5.44 Å². The van der Waals surface area contributed by atoms with Gasteiger partial charge in [0.1, 0.15) is 0 Å². The van der Waals surface area contributed by atoms with Crippen molar-refractivity contribution in [2.75, 3.05) is 0 Å². The average molecular weight is 200 g/mol. The quantitative estimate of drug-likeness (QED) is 0.626. The molecule has 13 heavy (non-hydrogen) atoms. The second kappa shape index (κ2) is 2.54. The van der Waals surface area contributed by atoms with E-state index in [-0.39, 0.29) is 11.5 Å². The van der Waals surface area contributed by atoms with E-state index in [1.165, 1.54) is 6.08 Å². The summed E-state index contributed by atoms with van der Waals surface area (Å²) < 4.78 is 29.8. The molecule has 2 aliphatic carbocycles. The van der Waals surface area contributed by atoms with E-state index in [1.807, 2.05) is 12.2 Å². The van der Waals surface area contributed by atoms with Gasteiger partial charge in [0.15, 0.2) is 0 Å². The number of rotatable bonds is 2. The lowest BCUT2D eigenvalue weighted by Gasteiger charge is -2.11. The molecule has 0 bridgehead atoms. The Kier molecular flexibility index (Phi) is 1.69. The summed E-state index contributed by atoms with van der Waals surface area (Å²) in [7, 11) is -4.40. The topological polar surface area (TPSA) is 74.6 Å². The van der Waals surface area contributed by atoms with Gasteiger partial charge in [0.25, 0.3) is 10.1 Å². The first-order valence-corrected chi connectivity index (χ1v) is 5.25. The van der Waals surface area contributed by atoms with Gasteiger partial charge >= 0.3 is 0 Å². The minimum Gasteiger partial charge on any atom is -0.371 e. The van der Waals surface area contributed by atoms with Crippen LogP contribution in [0.1, 0.15) is 0 Å². The number of allylic oxidation sites excluding steroid dienone is 4. The second-order valence-corrected chi connectivity index (χ2v) is 4.50. The summed E-state index contributed by atoms with van der Waals surface area (Å²) in [5.74, 6) is 0.149. The molecule has 2 aliphatic rings. The fourth-order valence-corrected chi connectivity index (χ4v) is 1.89. The zero-order valence-electron chi connectivity index (χ0n) is 6.58. The second-order valence-electron chi connectivity index (χ2n) is 3.02. The molecule has 0 saturated heterocycles. The van der Waals surface area contributed by atoms with Crippen molar-refractivity contribution in [3.8, 4) is 0 Å². The zero-order valence-corrected chi connectivity index (χ0v) is 7.40. The van der Waals surface area contributed by atoms with Gasteiger partial charge in [0.05, 0.1) is 0 Å². The summed E-state index contributed by atoms with van der Waals surface area (Å²) in [5.41, 5.74) is -0.753. The van der Waals surface area contributed by atoms with Crippen LogP contribution >= 0.6 is 0 Å². The molecule has 4 nitrogen and oxygen atoms in total. The Bertz CT molecular complexity index is 427. The third-order valence-electron chi connectivity index (χ3n) is 2.08. The lowest BCUT2D eigenvalue weighted by molar-refractivity contribution is 0.267. The van der Waals surface area contributed by atoms with Crippen LogP contribution in [-0.4, -0.2) is 23.5 Å². The van der Waals surface area contributed by atoms with E-state index in [4.69, 9.17) is 4.55 Å². The molecule has 0 heterocycles. The van der Waals surface area contributed by atoms with Crippen LogP contribution in [0.5, 0.6) is 0 Å². The van der Waals surface area contributed by atoms with E-state index in [0.29, 0.717) is 0 Å². The predicted octanol–water partition coefficient (Wildman–Crippen LogP) is 0.245. The summed E-state index contributed by atoms with van der Waals surface area (Å²) in [6, 6.07) is 0. The molecule has 2 rings (SSSR count). The lowest BCUT2D eigenvalue weighted by Crippen LogP contribution is -2.22. The molecule has 2 atom stereocenters. The van der Waals surface area contributed by atoms with Gasteiger partial charge in [-0.15, -0.1) is 0 Å². The Hall–Kier alpha value is -0.910. The lowest BCUT2D eigenvalue weighted by atomic mass is 10.1. The number of fused-ring (bicyclic) bond motifs is 1. The summed E-state index contributed by atoms with van der Waals surface area (Å²) in [6.45, 7) is 0. The largest absolute Gasteiger partial charge is 0.371 e. The van der Waals surface area contributed by atoms with Crippen molar-refractivity contribution in [3.05, 3.63) is 35.5 Å². The molecule has 70 valence electrons. The zero-order chi connectivity index (χ0) is 9.64. The van der Waals surface area contributed by atoms with Crippen LogP contribution in [0.2, 0.25) is 0 Å². The fourth-order valence-electron chi connectivity index (χ4n) is 1.35. The highest BCUT2D eigenvalue weighted by atomic mass is 32.2. The Morgan fingerprint density at radius 1 is 1.46 bits per heavy atom. The number of hydrogen-bond acceptors (Lipinski definition) is 3. The van der Waals surface area contributed by atoms with E-state index >= 15 is 0 Å². The Morgan fingerprint density at radius 3 is 2.77 bits per heavy atom. The van der Waals surface area contributed by atoms with Crippen LogP contribution in [0.4, 0.5) is 0 Å². The maximum atomic E-state index is 10.6. The van der Waals surface area contributed by atoms with Gasteiger partial charge < -0.3 is 5.11 Å². The molecule has 0 aromatic rings. The molecule has 0 aromatic heterocycles. The molecule has 2 N–H and O–H groups in total. The minimum atomic E-state index is -4.40. The molecule has 0 fully saturated rings. The highest BCUT2D eigenvalue weighted by molar-refractivity contribution is 7.86. The van der Waals surface area contributed by atoms with E-state index < -0.39 is 15.6 Å². The molecular weight excluding hydrogens is 192 g/mol. The maximum Gasteiger partial charge on any atom is 0.296 e. The molecule has 0 aromatic carbocycles. The Balaban J connectivity index is 2.32. The summed E-state index contributed by atoms with van der Waals surface area (Å²) in [5, 5.41) is 9.23. The number of hydrogen-bond donors (Lipinski definition) is 2. The highest BCUT2D eigenvalue weighted by Crippen LogP contribution is 2.41. The molecule has 2 unspecified atom stereocenters. The van der Waals surface area contributed by atoms with Crippen LogP contribution in [0, 0.1) is 5.92 Å². The van der Waals surface area contributed by atoms with Crippen molar-refractivity contribution in [1.29, 1.82) is 0 Å². The molecule has 0 aliphatic heterocycles. The molecule has 0 saturated carbocycles. The van der Waals surface area contributed by atoms with E-state index in [9.17, 15) is 13.5 Å². The SMILES string of the molecule is O=S(=O)(O)C(O)C1=CC=CC2C=C12. The smallest absolute Gasteiger partial charge is 0.296 e. The first-order valence-electron chi connectivity index (χ1n) is 3.75. The summed E-state index contributed by atoms with van der Waals surface area (Å²) in [4.78, 5) is 0. The molecule has 0 amide bonds. The van der Waals surface area contributed by atoms with Crippen molar-refractivity contribution < 1.29 is 18.1 Å². The third kappa shape index (κ3) is 1.46. The minimum absolute atomic E-state index is 0.149. The van der Waals surface area contributed by atoms with Crippen LogP contribution < -0.4 is 0 Å². The van der Waals surface area contributed by atoms with Gasteiger partial charge in [-0.25, -0.2) is 0 Å². The number of aliphatic hydroxyl groups is 1. The van der Waals surface area contributed by atoms with Crippen LogP contribution in [0.3, 0.4) is 0 Å². The summed E-state index contributed by atoms with van der Waals surface area (Å²) >= 11 is 0. The Morgan fingerprint density at radius 2 is 2.15 bits per heavy atom. The molecule has 5 heteroatoms. The monoisotopic (exact) mass is 200 g/mol. The van der Waals surface area contributed by atoms with Gasteiger partial charge in [-0.3, -0.25) is 4.55 Å². The van der Waals surface area contributed by atoms with Crippen LogP contribution in [-0.2, 0) is 10.1 Å². The normalized spacial score (nSPS) is 27.4. The maximum absolute atomic E-state index is 10.6. The average Bonchev–Trinajstić information content (AvgIpc) is 2.78. The van der Waals surface area contributed by atoms with Gasteiger partial charge in [-0.05, 0) is 5.57 Å². The molecule has 0 spiro atoms.